The molecule has 0 radical (unpaired) electrons. The fraction of sp³-hybridized carbons (Fsp3) is 0.385. The Bertz CT molecular complexity index is 284. The Labute approximate surface area is 96.9 Å². The lowest BCUT2D eigenvalue weighted by Crippen LogP contribution is -2.18. The lowest BCUT2D eigenvalue weighted by molar-refractivity contribution is 0.557. The zero-order valence-corrected chi connectivity index (χ0v) is 10.0. The molecule has 1 rings (SSSR count). The van der Waals surface area contributed by atoms with Gasteiger partial charge in [0.15, 0.2) is 0 Å². The molecule has 0 amide bonds. The Balaban J connectivity index is 2.57. The minimum atomic E-state index is 0.477. The standard InChI is InChI=1S/C13H19NS/c1-3-7-11(2)13(15-14)10-12-8-5-4-6-9-12/h3-6,8-9,11,13H,1,7,10,14H2,2H3. The Morgan fingerprint density at radius 2 is 2.07 bits per heavy atom. The molecule has 1 aromatic carbocycles. The van der Waals surface area contributed by atoms with Crippen molar-refractivity contribution in [1.82, 2.24) is 0 Å². The molecule has 0 saturated carbocycles. The van der Waals surface area contributed by atoms with Gasteiger partial charge in [0.1, 0.15) is 0 Å². The van der Waals surface area contributed by atoms with Crippen molar-refractivity contribution in [2.45, 2.75) is 25.0 Å². The fourth-order valence-corrected chi connectivity index (χ4v) is 2.31. The molecule has 0 aliphatic heterocycles. The van der Waals surface area contributed by atoms with Gasteiger partial charge >= 0.3 is 0 Å². The average Bonchev–Trinajstić information content (AvgIpc) is 2.27. The van der Waals surface area contributed by atoms with Crippen LogP contribution in [0.1, 0.15) is 18.9 Å². The Hall–Kier alpha value is -0.730. The summed E-state index contributed by atoms with van der Waals surface area (Å²) in [6.07, 6.45) is 4.04. The Kier molecular flexibility index (Phi) is 5.51. The van der Waals surface area contributed by atoms with Gasteiger partial charge in [0.2, 0.25) is 0 Å². The first-order valence-electron chi connectivity index (χ1n) is 5.28. The van der Waals surface area contributed by atoms with E-state index in [1.807, 2.05) is 12.1 Å². The van der Waals surface area contributed by atoms with E-state index in [4.69, 9.17) is 5.14 Å². The van der Waals surface area contributed by atoms with E-state index in [0.717, 1.165) is 12.8 Å². The molecule has 2 N–H and O–H groups in total. The van der Waals surface area contributed by atoms with Crippen molar-refractivity contribution in [3.8, 4) is 0 Å². The molecule has 0 heterocycles. The maximum absolute atomic E-state index is 5.73. The summed E-state index contributed by atoms with van der Waals surface area (Å²) in [6.45, 7) is 6.01. The van der Waals surface area contributed by atoms with E-state index in [1.165, 1.54) is 17.5 Å². The molecular weight excluding hydrogens is 202 g/mol. The van der Waals surface area contributed by atoms with Gasteiger partial charge in [0.05, 0.1) is 0 Å². The fourth-order valence-electron chi connectivity index (χ4n) is 1.64. The summed E-state index contributed by atoms with van der Waals surface area (Å²) in [5, 5.41) is 6.21. The van der Waals surface area contributed by atoms with Gasteiger partial charge in [0.25, 0.3) is 0 Å². The van der Waals surface area contributed by atoms with E-state index in [9.17, 15) is 0 Å². The molecule has 1 nitrogen and oxygen atoms in total. The number of allylic oxidation sites excluding steroid dienone is 1. The molecular formula is C13H19NS. The van der Waals surface area contributed by atoms with Crippen LogP contribution in [0.3, 0.4) is 0 Å². The molecule has 0 aliphatic rings. The van der Waals surface area contributed by atoms with Crippen LogP contribution in [0.2, 0.25) is 0 Å². The van der Waals surface area contributed by atoms with E-state index in [0.29, 0.717) is 11.2 Å². The minimum absolute atomic E-state index is 0.477. The summed E-state index contributed by atoms with van der Waals surface area (Å²) in [5.41, 5.74) is 1.36. The maximum atomic E-state index is 5.73. The van der Waals surface area contributed by atoms with E-state index < -0.39 is 0 Å². The van der Waals surface area contributed by atoms with Crippen molar-refractivity contribution >= 4 is 11.9 Å². The lowest BCUT2D eigenvalue weighted by atomic mass is 9.98. The molecule has 0 aromatic heterocycles. The van der Waals surface area contributed by atoms with E-state index >= 15 is 0 Å². The zero-order valence-electron chi connectivity index (χ0n) is 9.23. The second-order valence-corrected chi connectivity index (χ2v) is 4.74. The summed E-state index contributed by atoms with van der Waals surface area (Å²) in [6, 6.07) is 10.5. The molecule has 0 spiro atoms. The summed E-state index contributed by atoms with van der Waals surface area (Å²) in [7, 11) is 0. The van der Waals surface area contributed by atoms with Crippen LogP contribution in [0.15, 0.2) is 43.0 Å². The van der Waals surface area contributed by atoms with Crippen molar-refractivity contribution in [2.24, 2.45) is 11.1 Å². The third-order valence-electron chi connectivity index (χ3n) is 2.63. The van der Waals surface area contributed by atoms with Crippen LogP contribution in [0.4, 0.5) is 0 Å². The normalized spacial score (nSPS) is 14.5. The van der Waals surface area contributed by atoms with Crippen LogP contribution in [-0.2, 0) is 6.42 Å². The Morgan fingerprint density at radius 3 is 2.60 bits per heavy atom. The average molecular weight is 221 g/mol. The first-order chi connectivity index (χ1) is 7.27. The monoisotopic (exact) mass is 221 g/mol. The number of rotatable bonds is 6. The van der Waals surface area contributed by atoms with Crippen molar-refractivity contribution in [1.29, 1.82) is 0 Å². The second-order valence-electron chi connectivity index (χ2n) is 3.87. The van der Waals surface area contributed by atoms with Crippen LogP contribution >= 0.6 is 11.9 Å². The first kappa shape index (κ1) is 12.3. The molecule has 0 saturated heterocycles. The van der Waals surface area contributed by atoms with Gasteiger partial charge < -0.3 is 0 Å². The number of benzene rings is 1. The number of hydrogen-bond donors (Lipinski definition) is 1. The molecule has 0 fully saturated rings. The largest absolute Gasteiger partial charge is 0.278 e. The minimum Gasteiger partial charge on any atom is -0.278 e. The van der Waals surface area contributed by atoms with Crippen LogP contribution < -0.4 is 5.14 Å². The van der Waals surface area contributed by atoms with Gasteiger partial charge in [-0.3, -0.25) is 5.14 Å². The lowest BCUT2D eigenvalue weighted by Gasteiger charge is -2.20. The topological polar surface area (TPSA) is 26.0 Å². The Morgan fingerprint density at radius 1 is 1.40 bits per heavy atom. The number of nitrogens with two attached hydrogens (primary N) is 1. The van der Waals surface area contributed by atoms with Gasteiger partial charge in [-0.25, -0.2) is 0 Å². The van der Waals surface area contributed by atoms with Crippen molar-refractivity contribution < 1.29 is 0 Å². The quantitative estimate of drug-likeness (QED) is 0.588. The van der Waals surface area contributed by atoms with Gasteiger partial charge in [-0.15, -0.1) is 6.58 Å². The zero-order chi connectivity index (χ0) is 11.1. The van der Waals surface area contributed by atoms with Crippen molar-refractivity contribution in [2.75, 3.05) is 0 Å². The molecule has 82 valence electrons. The smallest absolute Gasteiger partial charge is 0.0259 e. The maximum Gasteiger partial charge on any atom is 0.0259 e. The van der Waals surface area contributed by atoms with Crippen LogP contribution in [0, 0.1) is 5.92 Å². The predicted molar refractivity (Wildman–Crippen MR) is 69.7 cm³/mol. The third-order valence-corrected chi connectivity index (χ3v) is 3.61. The molecule has 1 aromatic rings. The molecule has 2 heteroatoms. The van der Waals surface area contributed by atoms with Crippen LogP contribution in [-0.4, -0.2) is 5.25 Å². The van der Waals surface area contributed by atoms with Gasteiger partial charge in [-0.1, -0.05) is 55.3 Å². The van der Waals surface area contributed by atoms with E-state index in [1.54, 1.807) is 0 Å². The molecule has 0 aliphatic carbocycles. The summed E-state index contributed by atoms with van der Waals surface area (Å²) in [4.78, 5) is 0. The highest BCUT2D eigenvalue weighted by atomic mass is 32.2. The summed E-state index contributed by atoms with van der Waals surface area (Å²) >= 11 is 1.47. The summed E-state index contributed by atoms with van der Waals surface area (Å²) < 4.78 is 0. The van der Waals surface area contributed by atoms with Gasteiger partial charge in [-0.05, 0) is 24.3 Å². The molecule has 2 unspecified atom stereocenters. The molecule has 2 atom stereocenters. The number of hydrogen-bond acceptors (Lipinski definition) is 2. The molecule has 0 bridgehead atoms. The summed E-state index contributed by atoms with van der Waals surface area (Å²) in [5.74, 6) is 0.581. The van der Waals surface area contributed by atoms with Crippen molar-refractivity contribution in [3.05, 3.63) is 48.6 Å². The third kappa shape index (κ3) is 4.10. The SMILES string of the molecule is C=CCC(C)C(Cc1ccccc1)SN. The highest BCUT2D eigenvalue weighted by Crippen LogP contribution is 2.22. The van der Waals surface area contributed by atoms with E-state index in [2.05, 4.69) is 37.8 Å². The highest BCUT2D eigenvalue weighted by Gasteiger charge is 2.15. The molecule has 15 heavy (non-hydrogen) atoms. The van der Waals surface area contributed by atoms with Crippen molar-refractivity contribution in [3.63, 3.8) is 0 Å². The first-order valence-corrected chi connectivity index (χ1v) is 6.22. The predicted octanol–water partition coefficient (Wildman–Crippen LogP) is 3.42. The second kappa shape index (κ2) is 6.70. The van der Waals surface area contributed by atoms with Crippen LogP contribution in [0.5, 0.6) is 0 Å². The van der Waals surface area contributed by atoms with Crippen LogP contribution in [0.25, 0.3) is 0 Å². The van der Waals surface area contributed by atoms with Gasteiger partial charge in [-0.2, -0.15) is 0 Å². The highest BCUT2D eigenvalue weighted by molar-refractivity contribution is 7.97. The van der Waals surface area contributed by atoms with E-state index in [-0.39, 0.29) is 0 Å². The van der Waals surface area contributed by atoms with Gasteiger partial charge in [0, 0.05) is 5.25 Å².